The Balaban J connectivity index is 1.60. The maximum Gasteiger partial charge on any atom is 0.0701 e. The molecule has 3 nitrogen and oxygen atoms in total. The van der Waals surface area contributed by atoms with Crippen LogP contribution < -0.4 is 11.1 Å². The molecular formula is C14H21BrN2OS. The van der Waals surface area contributed by atoms with Gasteiger partial charge in [-0.05, 0) is 34.5 Å². The van der Waals surface area contributed by atoms with E-state index in [1.165, 1.54) is 8.66 Å². The lowest BCUT2D eigenvalue weighted by atomic mass is 9.48. The predicted molar refractivity (Wildman–Crippen MR) is 82.3 cm³/mol. The van der Waals surface area contributed by atoms with Gasteiger partial charge in [-0.2, -0.15) is 0 Å². The molecule has 0 radical (unpaired) electrons. The largest absolute Gasteiger partial charge is 0.377 e. The molecule has 0 spiro atoms. The molecule has 1 aliphatic heterocycles. The first-order valence-electron chi connectivity index (χ1n) is 6.80. The fraction of sp³-hybridized carbons (Fsp3) is 0.714. The molecule has 2 heterocycles. The highest BCUT2D eigenvalue weighted by Crippen LogP contribution is 2.57. The SMILES string of the molecule is CC1(C)C2OCCC2C1(N)CNCc1ccc(Br)s1. The number of thiophene rings is 1. The van der Waals surface area contributed by atoms with Crippen LogP contribution in [0.2, 0.25) is 0 Å². The highest BCUT2D eigenvalue weighted by atomic mass is 79.9. The van der Waals surface area contributed by atoms with E-state index in [0.717, 1.165) is 26.1 Å². The first kappa shape index (κ1) is 14.0. The second kappa shape index (κ2) is 4.81. The highest BCUT2D eigenvalue weighted by Gasteiger charge is 2.67. The van der Waals surface area contributed by atoms with Crippen molar-refractivity contribution in [2.45, 2.75) is 38.5 Å². The summed E-state index contributed by atoms with van der Waals surface area (Å²) in [4.78, 5) is 1.34. The van der Waals surface area contributed by atoms with Crippen LogP contribution in [0.1, 0.15) is 25.1 Å². The molecule has 2 aliphatic rings. The van der Waals surface area contributed by atoms with Crippen LogP contribution in [-0.4, -0.2) is 24.8 Å². The number of nitrogens with one attached hydrogen (secondary N) is 1. The Bertz CT molecular complexity index is 476. The normalized spacial score (nSPS) is 36.0. The van der Waals surface area contributed by atoms with Crippen molar-refractivity contribution in [2.75, 3.05) is 13.2 Å². The third-order valence-electron chi connectivity index (χ3n) is 5.01. The van der Waals surface area contributed by atoms with Crippen LogP contribution >= 0.6 is 27.3 Å². The number of hydrogen-bond acceptors (Lipinski definition) is 4. The summed E-state index contributed by atoms with van der Waals surface area (Å²) < 4.78 is 7.00. The van der Waals surface area contributed by atoms with Gasteiger partial charge in [-0.25, -0.2) is 0 Å². The molecule has 1 saturated heterocycles. The van der Waals surface area contributed by atoms with Gasteiger partial charge in [0.1, 0.15) is 0 Å². The van der Waals surface area contributed by atoms with Gasteiger partial charge in [0.2, 0.25) is 0 Å². The van der Waals surface area contributed by atoms with E-state index >= 15 is 0 Å². The Morgan fingerprint density at radius 3 is 3.00 bits per heavy atom. The molecule has 0 bridgehead atoms. The molecule has 5 heteroatoms. The molecule has 106 valence electrons. The summed E-state index contributed by atoms with van der Waals surface area (Å²) >= 11 is 5.26. The van der Waals surface area contributed by atoms with Crippen molar-refractivity contribution in [3.63, 3.8) is 0 Å². The second-order valence-corrected chi connectivity index (χ2v) is 8.81. The average molecular weight is 345 g/mol. The molecule has 3 N–H and O–H groups in total. The molecule has 19 heavy (non-hydrogen) atoms. The molecule has 1 aromatic heterocycles. The van der Waals surface area contributed by atoms with Crippen LogP contribution in [0.15, 0.2) is 15.9 Å². The van der Waals surface area contributed by atoms with Crippen molar-refractivity contribution in [1.29, 1.82) is 0 Å². The predicted octanol–water partition coefficient (Wildman–Crippen LogP) is 2.74. The summed E-state index contributed by atoms with van der Waals surface area (Å²) in [5.74, 6) is 0.519. The quantitative estimate of drug-likeness (QED) is 0.882. The molecule has 0 amide bonds. The van der Waals surface area contributed by atoms with E-state index in [1.807, 2.05) is 0 Å². The van der Waals surface area contributed by atoms with Gasteiger partial charge in [-0.3, -0.25) is 0 Å². The Morgan fingerprint density at radius 1 is 1.53 bits per heavy atom. The standard InChI is InChI=1S/C14H21BrN2OS/c1-13(2)12-10(5-6-18-12)14(13,16)8-17-7-9-3-4-11(15)19-9/h3-4,10,12,17H,5-8,16H2,1-2H3. The monoisotopic (exact) mass is 344 g/mol. The minimum absolute atomic E-state index is 0.0667. The lowest BCUT2D eigenvalue weighted by molar-refractivity contribution is -0.153. The van der Waals surface area contributed by atoms with E-state index < -0.39 is 0 Å². The Labute approximate surface area is 127 Å². The molecule has 3 unspecified atom stereocenters. The minimum Gasteiger partial charge on any atom is -0.377 e. The van der Waals surface area contributed by atoms with E-state index in [0.29, 0.717) is 12.0 Å². The second-order valence-electron chi connectivity index (χ2n) is 6.26. The van der Waals surface area contributed by atoms with Gasteiger partial charge in [-0.15, -0.1) is 11.3 Å². The van der Waals surface area contributed by atoms with E-state index in [1.54, 1.807) is 11.3 Å². The number of hydrogen-bond donors (Lipinski definition) is 2. The minimum atomic E-state index is -0.136. The highest BCUT2D eigenvalue weighted by molar-refractivity contribution is 9.11. The zero-order valence-electron chi connectivity index (χ0n) is 11.4. The number of fused-ring (bicyclic) bond motifs is 1. The molecule has 1 saturated carbocycles. The van der Waals surface area contributed by atoms with E-state index in [-0.39, 0.29) is 11.0 Å². The first-order valence-corrected chi connectivity index (χ1v) is 8.41. The maximum absolute atomic E-state index is 6.69. The van der Waals surface area contributed by atoms with Gasteiger partial charge in [0.15, 0.2) is 0 Å². The number of halogens is 1. The van der Waals surface area contributed by atoms with Gasteiger partial charge >= 0.3 is 0 Å². The summed E-state index contributed by atoms with van der Waals surface area (Å²) in [6.45, 7) is 7.10. The zero-order chi connectivity index (χ0) is 13.7. The molecule has 1 aliphatic carbocycles. The van der Waals surface area contributed by atoms with Crippen molar-refractivity contribution in [2.24, 2.45) is 17.1 Å². The van der Waals surface area contributed by atoms with Crippen LogP contribution in [0, 0.1) is 11.3 Å². The lowest BCUT2D eigenvalue weighted by Crippen LogP contribution is -2.77. The van der Waals surface area contributed by atoms with Crippen LogP contribution in [0.5, 0.6) is 0 Å². The molecule has 3 rings (SSSR count). The van der Waals surface area contributed by atoms with Gasteiger partial charge in [0.25, 0.3) is 0 Å². The van der Waals surface area contributed by atoms with E-state index in [2.05, 4.69) is 47.2 Å². The average Bonchev–Trinajstić information content (AvgIpc) is 2.97. The van der Waals surface area contributed by atoms with Crippen LogP contribution in [0.25, 0.3) is 0 Å². The molecule has 3 atom stereocenters. The molecule has 1 aromatic rings. The fourth-order valence-corrected chi connectivity index (χ4v) is 5.13. The van der Waals surface area contributed by atoms with Crippen LogP contribution in [-0.2, 0) is 11.3 Å². The van der Waals surface area contributed by atoms with Crippen LogP contribution in [0.4, 0.5) is 0 Å². The third-order valence-corrected chi connectivity index (χ3v) is 6.63. The zero-order valence-corrected chi connectivity index (χ0v) is 13.8. The molecular weight excluding hydrogens is 324 g/mol. The first-order chi connectivity index (χ1) is 8.95. The van der Waals surface area contributed by atoms with Crippen molar-refractivity contribution in [3.8, 4) is 0 Å². The smallest absolute Gasteiger partial charge is 0.0701 e. The number of rotatable bonds is 4. The van der Waals surface area contributed by atoms with Gasteiger partial charge < -0.3 is 15.8 Å². The molecule has 2 fully saturated rings. The molecule has 0 aromatic carbocycles. The number of ether oxygens (including phenoxy) is 1. The summed E-state index contributed by atoms with van der Waals surface area (Å²) in [6, 6.07) is 4.24. The lowest BCUT2D eigenvalue weighted by Gasteiger charge is -2.62. The van der Waals surface area contributed by atoms with Gasteiger partial charge in [-0.1, -0.05) is 13.8 Å². The Kier molecular flexibility index (Phi) is 3.55. The fourth-order valence-electron chi connectivity index (χ4n) is 3.67. The summed E-state index contributed by atoms with van der Waals surface area (Å²) in [6.07, 6.45) is 1.46. The third kappa shape index (κ3) is 2.10. The van der Waals surface area contributed by atoms with E-state index in [9.17, 15) is 0 Å². The summed E-state index contributed by atoms with van der Waals surface area (Å²) in [5.41, 5.74) is 6.62. The van der Waals surface area contributed by atoms with E-state index in [4.69, 9.17) is 10.5 Å². The summed E-state index contributed by atoms with van der Waals surface area (Å²) in [7, 11) is 0. The van der Waals surface area contributed by atoms with Crippen LogP contribution in [0.3, 0.4) is 0 Å². The maximum atomic E-state index is 6.69. The van der Waals surface area contributed by atoms with Crippen molar-refractivity contribution >= 4 is 27.3 Å². The van der Waals surface area contributed by atoms with Crippen molar-refractivity contribution in [1.82, 2.24) is 5.32 Å². The topological polar surface area (TPSA) is 47.3 Å². The van der Waals surface area contributed by atoms with Gasteiger partial charge in [0.05, 0.1) is 9.89 Å². The van der Waals surface area contributed by atoms with Gasteiger partial charge in [0, 0.05) is 41.4 Å². The van der Waals surface area contributed by atoms with Crippen molar-refractivity contribution < 1.29 is 4.74 Å². The Hall–Kier alpha value is 0.0600. The number of nitrogens with two attached hydrogens (primary N) is 1. The summed E-state index contributed by atoms with van der Waals surface area (Å²) in [5, 5.41) is 3.53. The Morgan fingerprint density at radius 2 is 2.32 bits per heavy atom. The van der Waals surface area contributed by atoms with Crippen molar-refractivity contribution in [3.05, 3.63) is 20.8 Å².